The number of benzene rings is 1. The fourth-order valence-electron chi connectivity index (χ4n) is 1.56. The van der Waals surface area contributed by atoms with Gasteiger partial charge in [0.1, 0.15) is 5.75 Å². The minimum absolute atomic E-state index is 0.0655. The molecule has 0 aromatic heterocycles. The Morgan fingerprint density at radius 1 is 1.57 bits per heavy atom. The Labute approximate surface area is 90.8 Å². The second-order valence-corrected chi connectivity index (χ2v) is 3.65. The normalized spacial score (nSPS) is 14.4. The number of alkyl halides is 1. The van der Waals surface area contributed by atoms with E-state index in [2.05, 4.69) is 15.9 Å². The van der Waals surface area contributed by atoms with Crippen LogP contribution in [-0.2, 0) is 6.54 Å². The molecule has 1 amide bonds. The van der Waals surface area contributed by atoms with Crippen LogP contribution >= 0.6 is 15.9 Å². The molecule has 1 aliphatic heterocycles. The number of ether oxygens (including phenoxy) is 1. The second kappa shape index (κ2) is 3.61. The van der Waals surface area contributed by atoms with Crippen molar-refractivity contribution in [3.8, 4) is 5.75 Å². The first-order valence-electron chi connectivity index (χ1n) is 4.28. The summed E-state index contributed by atoms with van der Waals surface area (Å²) in [5.74, 6) is 0.796. The Hall–Kier alpha value is -1.03. The van der Waals surface area contributed by atoms with Gasteiger partial charge >= 0.3 is 0 Å². The van der Waals surface area contributed by atoms with Gasteiger partial charge in [0.05, 0.1) is 12.6 Å². The molecule has 0 spiro atoms. The van der Waals surface area contributed by atoms with Crippen LogP contribution in [-0.4, -0.2) is 23.4 Å². The van der Waals surface area contributed by atoms with Crippen molar-refractivity contribution in [1.29, 1.82) is 0 Å². The summed E-state index contributed by atoms with van der Waals surface area (Å²) in [7, 11) is 1.60. The Kier molecular flexibility index (Phi) is 2.46. The molecule has 0 fully saturated rings. The van der Waals surface area contributed by atoms with E-state index >= 15 is 0 Å². The first-order chi connectivity index (χ1) is 6.76. The van der Waals surface area contributed by atoms with Crippen molar-refractivity contribution in [2.24, 2.45) is 0 Å². The summed E-state index contributed by atoms with van der Waals surface area (Å²) in [6.07, 6.45) is 0. The van der Waals surface area contributed by atoms with Crippen LogP contribution in [0.1, 0.15) is 15.9 Å². The molecule has 0 unspecified atom stereocenters. The number of nitrogens with zero attached hydrogens (tertiary/aromatic N) is 1. The molecule has 0 radical (unpaired) electrons. The van der Waals surface area contributed by atoms with Gasteiger partial charge in [-0.25, -0.2) is 0 Å². The van der Waals surface area contributed by atoms with Crippen molar-refractivity contribution in [2.75, 3.05) is 12.6 Å². The van der Waals surface area contributed by atoms with E-state index in [4.69, 9.17) is 4.74 Å². The summed E-state index contributed by atoms with van der Waals surface area (Å²) in [6.45, 7) is 0.684. The molecule has 1 aliphatic rings. The Morgan fingerprint density at radius 3 is 3.00 bits per heavy atom. The van der Waals surface area contributed by atoms with Crippen molar-refractivity contribution in [3.05, 3.63) is 29.3 Å². The zero-order chi connectivity index (χ0) is 10.1. The smallest absolute Gasteiger partial charge is 0.255 e. The molecule has 14 heavy (non-hydrogen) atoms. The minimum atomic E-state index is 0.0655. The molecule has 1 aromatic rings. The summed E-state index contributed by atoms with van der Waals surface area (Å²) in [5, 5.41) is 0. The molecule has 2 rings (SSSR count). The van der Waals surface area contributed by atoms with Gasteiger partial charge < -0.3 is 9.64 Å². The number of halogens is 1. The van der Waals surface area contributed by atoms with E-state index in [1.165, 1.54) is 0 Å². The van der Waals surface area contributed by atoms with Gasteiger partial charge in [-0.3, -0.25) is 4.79 Å². The predicted molar refractivity (Wildman–Crippen MR) is 56.7 cm³/mol. The third-order valence-electron chi connectivity index (χ3n) is 2.34. The van der Waals surface area contributed by atoms with Crippen molar-refractivity contribution >= 4 is 21.8 Å². The van der Waals surface area contributed by atoms with E-state index in [-0.39, 0.29) is 5.91 Å². The van der Waals surface area contributed by atoms with Crippen LogP contribution in [0.3, 0.4) is 0 Å². The molecule has 0 atom stereocenters. The number of fused-ring (bicyclic) bond motifs is 1. The number of hydrogen-bond donors (Lipinski definition) is 0. The van der Waals surface area contributed by atoms with Gasteiger partial charge in [-0.05, 0) is 17.7 Å². The summed E-state index contributed by atoms with van der Waals surface area (Å²) >= 11 is 3.28. The van der Waals surface area contributed by atoms with E-state index in [1.54, 1.807) is 18.1 Å². The zero-order valence-corrected chi connectivity index (χ0v) is 9.37. The van der Waals surface area contributed by atoms with Gasteiger partial charge in [0, 0.05) is 12.1 Å². The maximum atomic E-state index is 11.7. The van der Waals surface area contributed by atoms with E-state index < -0.39 is 0 Å². The molecular weight excluding hydrogens is 246 g/mol. The highest BCUT2D eigenvalue weighted by atomic mass is 79.9. The third kappa shape index (κ3) is 1.39. The largest absolute Gasteiger partial charge is 0.497 e. The molecule has 0 bridgehead atoms. The third-order valence-corrected chi connectivity index (χ3v) is 2.95. The maximum absolute atomic E-state index is 11.7. The van der Waals surface area contributed by atoms with Gasteiger partial charge in [0.15, 0.2) is 0 Å². The van der Waals surface area contributed by atoms with Crippen molar-refractivity contribution in [2.45, 2.75) is 6.54 Å². The first-order valence-corrected chi connectivity index (χ1v) is 5.40. The molecule has 1 aromatic carbocycles. The molecule has 0 aliphatic carbocycles. The summed E-state index contributed by atoms with van der Waals surface area (Å²) in [4.78, 5) is 13.5. The summed E-state index contributed by atoms with van der Waals surface area (Å²) in [6, 6.07) is 5.61. The number of methoxy groups -OCH3 is 1. The molecular formula is C10H10BrNO2. The number of carbonyl (C=O) groups excluding carboxylic acids is 1. The van der Waals surface area contributed by atoms with Gasteiger partial charge in [-0.2, -0.15) is 0 Å². The lowest BCUT2D eigenvalue weighted by Gasteiger charge is -2.09. The zero-order valence-electron chi connectivity index (χ0n) is 7.79. The van der Waals surface area contributed by atoms with Crippen molar-refractivity contribution < 1.29 is 9.53 Å². The highest BCUT2D eigenvalue weighted by Gasteiger charge is 2.26. The summed E-state index contributed by atoms with van der Waals surface area (Å²) < 4.78 is 5.07. The molecule has 1 heterocycles. The lowest BCUT2D eigenvalue weighted by molar-refractivity contribution is 0.0809. The molecule has 0 saturated heterocycles. The SMILES string of the molecule is COc1ccc2c(c1)C(=O)N(CBr)C2. The van der Waals surface area contributed by atoms with Gasteiger partial charge in [0.2, 0.25) is 0 Å². The van der Waals surface area contributed by atoms with Crippen molar-refractivity contribution in [1.82, 2.24) is 4.90 Å². The minimum Gasteiger partial charge on any atom is -0.497 e. The Morgan fingerprint density at radius 2 is 2.36 bits per heavy atom. The molecule has 74 valence electrons. The molecule has 0 N–H and O–H groups in total. The topological polar surface area (TPSA) is 29.5 Å². The monoisotopic (exact) mass is 255 g/mol. The van der Waals surface area contributed by atoms with E-state index in [0.717, 1.165) is 16.9 Å². The molecule has 4 heteroatoms. The standard InChI is InChI=1S/C10H10BrNO2/c1-14-8-3-2-7-5-12(6-11)10(13)9(7)4-8/h2-4H,5-6H2,1H3. The molecule has 3 nitrogen and oxygen atoms in total. The lowest BCUT2D eigenvalue weighted by Crippen LogP contribution is -2.21. The molecule has 0 saturated carbocycles. The number of rotatable bonds is 2. The number of amides is 1. The average molecular weight is 256 g/mol. The van der Waals surface area contributed by atoms with Crippen LogP contribution in [0.5, 0.6) is 5.75 Å². The van der Waals surface area contributed by atoms with E-state index in [0.29, 0.717) is 12.0 Å². The number of carbonyl (C=O) groups is 1. The summed E-state index contributed by atoms with van der Waals surface area (Å²) in [5.41, 5.74) is 2.39. The van der Waals surface area contributed by atoms with Gasteiger partial charge in [-0.1, -0.05) is 22.0 Å². The quantitative estimate of drug-likeness (QED) is 0.598. The predicted octanol–water partition coefficient (Wildman–Crippen LogP) is 2.00. The Balaban J connectivity index is 2.40. The highest BCUT2D eigenvalue weighted by molar-refractivity contribution is 9.09. The van der Waals surface area contributed by atoms with Crippen LogP contribution in [0.15, 0.2) is 18.2 Å². The lowest BCUT2D eigenvalue weighted by atomic mass is 10.1. The van der Waals surface area contributed by atoms with Crippen LogP contribution in [0.2, 0.25) is 0 Å². The maximum Gasteiger partial charge on any atom is 0.255 e. The fraction of sp³-hybridized carbons (Fsp3) is 0.300. The highest BCUT2D eigenvalue weighted by Crippen LogP contribution is 2.26. The van der Waals surface area contributed by atoms with Crippen LogP contribution < -0.4 is 4.74 Å². The van der Waals surface area contributed by atoms with Gasteiger partial charge in [-0.15, -0.1) is 0 Å². The van der Waals surface area contributed by atoms with Crippen LogP contribution in [0, 0.1) is 0 Å². The second-order valence-electron chi connectivity index (χ2n) is 3.15. The Bertz CT molecular complexity index is 378. The van der Waals surface area contributed by atoms with E-state index in [1.807, 2.05) is 12.1 Å². The van der Waals surface area contributed by atoms with Crippen LogP contribution in [0.4, 0.5) is 0 Å². The van der Waals surface area contributed by atoms with E-state index in [9.17, 15) is 4.79 Å². The van der Waals surface area contributed by atoms with Crippen LogP contribution in [0.25, 0.3) is 0 Å². The number of hydrogen-bond acceptors (Lipinski definition) is 2. The van der Waals surface area contributed by atoms with Gasteiger partial charge in [0.25, 0.3) is 5.91 Å². The average Bonchev–Trinajstić information content (AvgIpc) is 2.55. The van der Waals surface area contributed by atoms with Crippen molar-refractivity contribution in [3.63, 3.8) is 0 Å². The fourth-order valence-corrected chi connectivity index (χ4v) is 1.97. The first kappa shape index (κ1) is 9.52.